The third-order valence-electron chi connectivity index (χ3n) is 5.44. The lowest BCUT2D eigenvalue weighted by atomic mass is 9.76. The Morgan fingerprint density at radius 1 is 1.22 bits per heavy atom. The van der Waals surface area contributed by atoms with Gasteiger partial charge in [0, 0.05) is 11.5 Å². The minimum Gasteiger partial charge on any atom is -0.493 e. The fraction of sp³-hybridized carbons (Fsp3) is 0.286. The third kappa shape index (κ3) is 2.82. The van der Waals surface area contributed by atoms with Crippen molar-refractivity contribution >= 4 is 23.3 Å². The van der Waals surface area contributed by atoms with Crippen molar-refractivity contribution in [2.75, 3.05) is 19.5 Å². The third-order valence-corrected chi connectivity index (χ3v) is 5.73. The summed E-state index contributed by atoms with van der Waals surface area (Å²) in [6, 6.07) is 9.03. The molecule has 140 valence electrons. The van der Waals surface area contributed by atoms with Crippen molar-refractivity contribution in [1.82, 2.24) is 0 Å². The van der Waals surface area contributed by atoms with E-state index in [4.69, 9.17) is 21.1 Å². The molecule has 5 nitrogen and oxygen atoms in total. The minimum absolute atomic E-state index is 0.0317. The summed E-state index contributed by atoms with van der Waals surface area (Å²) < 4.78 is 11.1. The van der Waals surface area contributed by atoms with Crippen LogP contribution in [0.25, 0.3) is 0 Å². The molecule has 0 bridgehead atoms. The fourth-order valence-electron chi connectivity index (χ4n) is 4.24. The highest BCUT2D eigenvalue weighted by atomic mass is 35.5. The van der Waals surface area contributed by atoms with Gasteiger partial charge in [0.2, 0.25) is 0 Å². The Balaban J connectivity index is 1.85. The summed E-state index contributed by atoms with van der Waals surface area (Å²) >= 11 is 6.46. The number of carboxylic acids is 1. The summed E-state index contributed by atoms with van der Waals surface area (Å²) in [6.45, 7) is 0. The first kappa shape index (κ1) is 17.7. The monoisotopic (exact) mass is 385 g/mol. The fourth-order valence-corrected chi connectivity index (χ4v) is 4.52. The average Bonchev–Trinajstić information content (AvgIpc) is 3.16. The molecule has 6 heteroatoms. The first-order chi connectivity index (χ1) is 13.0. The molecule has 1 aliphatic carbocycles. The number of ether oxygens (including phenoxy) is 2. The van der Waals surface area contributed by atoms with Crippen LogP contribution in [-0.4, -0.2) is 25.3 Å². The van der Waals surface area contributed by atoms with E-state index in [0.717, 1.165) is 23.2 Å². The van der Waals surface area contributed by atoms with Crippen LogP contribution in [0.15, 0.2) is 42.5 Å². The number of methoxy groups -OCH3 is 2. The predicted octanol–water partition coefficient (Wildman–Crippen LogP) is 4.88. The van der Waals surface area contributed by atoms with Crippen molar-refractivity contribution in [3.05, 3.63) is 64.2 Å². The van der Waals surface area contributed by atoms with Gasteiger partial charge in [-0.05, 0) is 36.1 Å². The largest absolute Gasteiger partial charge is 0.493 e. The number of hydrogen-bond donors (Lipinski definition) is 2. The standard InChI is InChI=1S/C21H20ClNO4/c1-26-17-8-4-7-14(20(17)27-2)18-13-6-3-5-12(13)15-9-11(21(24)25)10-16(22)19(15)23-18/h3-5,7-10,12-13,18,23H,6H2,1-2H3,(H,24,25)/t12-,13+,18-/m1/s1. The average molecular weight is 386 g/mol. The molecule has 0 radical (unpaired) electrons. The number of carboxylic acid groups (broad SMARTS) is 1. The number of fused-ring (bicyclic) bond motifs is 3. The van der Waals surface area contributed by atoms with E-state index in [1.807, 2.05) is 18.2 Å². The number of hydrogen-bond acceptors (Lipinski definition) is 4. The van der Waals surface area contributed by atoms with Crippen LogP contribution in [0.3, 0.4) is 0 Å². The van der Waals surface area contributed by atoms with Gasteiger partial charge in [0.1, 0.15) is 0 Å². The quantitative estimate of drug-likeness (QED) is 0.734. The molecule has 0 unspecified atom stereocenters. The van der Waals surface area contributed by atoms with E-state index in [0.29, 0.717) is 16.5 Å². The molecule has 2 aliphatic rings. The maximum absolute atomic E-state index is 11.4. The molecule has 0 amide bonds. The van der Waals surface area contributed by atoms with Gasteiger partial charge in [0.05, 0.1) is 36.5 Å². The summed E-state index contributed by atoms with van der Waals surface area (Å²) in [6.07, 6.45) is 5.18. The minimum atomic E-state index is -0.977. The van der Waals surface area contributed by atoms with Crippen LogP contribution < -0.4 is 14.8 Å². The first-order valence-corrected chi connectivity index (χ1v) is 9.13. The van der Waals surface area contributed by atoms with Crippen LogP contribution in [0.1, 0.15) is 39.9 Å². The van der Waals surface area contributed by atoms with Gasteiger partial charge >= 0.3 is 5.97 Å². The zero-order valence-electron chi connectivity index (χ0n) is 15.0. The highest BCUT2D eigenvalue weighted by Crippen LogP contribution is 2.53. The van der Waals surface area contributed by atoms with Gasteiger partial charge in [-0.2, -0.15) is 0 Å². The molecule has 1 aliphatic heterocycles. The number of para-hydroxylation sites is 1. The number of carbonyl (C=O) groups is 1. The predicted molar refractivity (Wildman–Crippen MR) is 104 cm³/mol. The SMILES string of the molecule is COc1cccc([C@@H]2Nc3c(Cl)cc(C(=O)O)cc3[C@@H]3C=CC[C@@H]32)c1OC. The second-order valence-corrected chi connectivity index (χ2v) is 7.19. The molecular formula is C21H20ClNO4. The molecule has 3 atom stereocenters. The normalized spacial score (nSPS) is 22.6. The molecule has 4 rings (SSSR count). The van der Waals surface area contributed by atoms with Gasteiger partial charge in [0.25, 0.3) is 0 Å². The smallest absolute Gasteiger partial charge is 0.335 e. The van der Waals surface area contributed by atoms with Gasteiger partial charge in [-0.3, -0.25) is 0 Å². The Hall–Kier alpha value is -2.66. The van der Waals surface area contributed by atoms with E-state index < -0.39 is 5.97 Å². The van der Waals surface area contributed by atoms with Crippen LogP contribution in [0, 0.1) is 5.92 Å². The van der Waals surface area contributed by atoms with Crippen molar-refractivity contribution in [3.63, 3.8) is 0 Å². The number of allylic oxidation sites excluding steroid dienone is 2. The number of nitrogens with one attached hydrogen (secondary N) is 1. The summed E-state index contributed by atoms with van der Waals surface area (Å²) in [5.74, 6) is 0.731. The van der Waals surface area contributed by atoms with Gasteiger partial charge in [-0.1, -0.05) is 35.9 Å². The maximum Gasteiger partial charge on any atom is 0.335 e. The molecule has 0 saturated carbocycles. The van der Waals surface area contributed by atoms with E-state index in [2.05, 4.69) is 17.5 Å². The molecule has 2 N–H and O–H groups in total. The maximum atomic E-state index is 11.4. The Morgan fingerprint density at radius 2 is 2.04 bits per heavy atom. The second-order valence-electron chi connectivity index (χ2n) is 6.79. The lowest BCUT2D eigenvalue weighted by molar-refractivity contribution is 0.0696. The van der Waals surface area contributed by atoms with Crippen LogP contribution in [0.2, 0.25) is 5.02 Å². The van der Waals surface area contributed by atoms with Crippen LogP contribution in [-0.2, 0) is 0 Å². The number of benzene rings is 2. The lowest BCUT2D eigenvalue weighted by Crippen LogP contribution is -2.30. The van der Waals surface area contributed by atoms with Crippen molar-refractivity contribution in [1.29, 1.82) is 0 Å². The second kappa shape index (κ2) is 6.82. The zero-order valence-corrected chi connectivity index (χ0v) is 15.8. The number of halogens is 1. The molecule has 0 spiro atoms. The highest BCUT2D eigenvalue weighted by Gasteiger charge is 2.40. The molecule has 1 heterocycles. The summed E-state index contributed by atoms with van der Waals surface area (Å²) in [7, 11) is 3.25. The van der Waals surface area contributed by atoms with Gasteiger partial charge in [0.15, 0.2) is 11.5 Å². The molecule has 0 aromatic heterocycles. The van der Waals surface area contributed by atoms with Gasteiger partial charge < -0.3 is 19.9 Å². The van der Waals surface area contributed by atoms with Crippen LogP contribution >= 0.6 is 11.6 Å². The lowest BCUT2D eigenvalue weighted by Gasteiger charge is -2.38. The Bertz CT molecular complexity index is 940. The summed E-state index contributed by atoms with van der Waals surface area (Å²) in [5.41, 5.74) is 2.91. The van der Waals surface area contributed by atoms with Crippen LogP contribution in [0.5, 0.6) is 11.5 Å². The van der Waals surface area contributed by atoms with Crippen molar-refractivity contribution in [2.24, 2.45) is 5.92 Å². The van der Waals surface area contributed by atoms with Gasteiger partial charge in [-0.25, -0.2) is 4.79 Å². The van der Waals surface area contributed by atoms with E-state index in [9.17, 15) is 9.90 Å². The molecule has 2 aromatic rings. The highest BCUT2D eigenvalue weighted by molar-refractivity contribution is 6.33. The Labute approximate surface area is 162 Å². The Kier molecular flexibility index (Phi) is 4.48. The molecular weight excluding hydrogens is 366 g/mol. The van der Waals surface area contributed by atoms with E-state index in [-0.39, 0.29) is 23.4 Å². The Morgan fingerprint density at radius 3 is 2.74 bits per heavy atom. The topological polar surface area (TPSA) is 67.8 Å². The van der Waals surface area contributed by atoms with Crippen molar-refractivity contribution in [2.45, 2.75) is 18.4 Å². The van der Waals surface area contributed by atoms with E-state index in [1.165, 1.54) is 6.07 Å². The summed E-state index contributed by atoms with van der Waals surface area (Å²) in [5, 5.41) is 13.3. The van der Waals surface area contributed by atoms with E-state index in [1.54, 1.807) is 20.3 Å². The molecule has 0 saturated heterocycles. The summed E-state index contributed by atoms with van der Waals surface area (Å²) in [4.78, 5) is 11.4. The molecule has 27 heavy (non-hydrogen) atoms. The van der Waals surface area contributed by atoms with E-state index >= 15 is 0 Å². The molecule has 0 fully saturated rings. The number of anilines is 1. The van der Waals surface area contributed by atoms with Crippen molar-refractivity contribution < 1.29 is 19.4 Å². The number of aromatic carboxylic acids is 1. The first-order valence-electron chi connectivity index (χ1n) is 8.76. The number of rotatable bonds is 4. The molecule has 2 aromatic carbocycles. The van der Waals surface area contributed by atoms with Gasteiger partial charge in [-0.15, -0.1) is 0 Å². The van der Waals surface area contributed by atoms with Crippen LogP contribution in [0.4, 0.5) is 5.69 Å². The zero-order chi connectivity index (χ0) is 19.1. The van der Waals surface area contributed by atoms with Crippen molar-refractivity contribution in [3.8, 4) is 11.5 Å².